The van der Waals surface area contributed by atoms with Gasteiger partial charge in [-0.3, -0.25) is 9.59 Å². The van der Waals surface area contributed by atoms with E-state index in [9.17, 15) is 14.7 Å². The maximum Gasteiger partial charge on any atom is 0.199 e. The zero-order valence-corrected chi connectivity index (χ0v) is 12.6. The number of hydrogen-bond donors (Lipinski definition) is 1. The molecule has 0 saturated carbocycles. The number of carbonyl (C=O) groups is 1. The largest absolute Gasteiger partial charge is 0.507 e. The maximum absolute atomic E-state index is 12.3. The van der Waals surface area contributed by atoms with E-state index in [2.05, 4.69) is 0 Å². The Labute approximate surface area is 136 Å². The average Bonchev–Trinajstić information content (AvgIpc) is 2.56. The van der Waals surface area contributed by atoms with E-state index in [1.807, 2.05) is 0 Å². The zero-order valence-electron chi connectivity index (χ0n) is 11.8. The molecule has 5 heteroatoms. The predicted molar refractivity (Wildman–Crippen MR) is 89.0 cm³/mol. The van der Waals surface area contributed by atoms with E-state index in [1.54, 1.807) is 24.3 Å². The molecule has 0 unspecified atom stereocenters. The second-order valence-electron chi connectivity index (χ2n) is 4.88. The summed E-state index contributed by atoms with van der Waals surface area (Å²) in [6.45, 7) is 0. The molecular weight excluding hydrogens is 316 g/mol. The summed E-state index contributed by atoms with van der Waals surface area (Å²) in [5.74, 6) is -0.632. The second-order valence-corrected chi connectivity index (χ2v) is 5.31. The number of para-hydroxylation sites is 1. The highest BCUT2D eigenvalue weighted by Crippen LogP contribution is 2.22. The van der Waals surface area contributed by atoms with Crippen LogP contribution in [0, 0.1) is 0 Å². The van der Waals surface area contributed by atoms with E-state index >= 15 is 0 Å². The minimum absolute atomic E-state index is 0.0685. The Bertz CT molecular complexity index is 986. The van der Waals surface area contributed by atoms with Crippen LogP contribution in [-0.4, -0.2) is 10.9 Å². The molecule has 0 aliphatic rings. The zero-order chi connectivity index (χ0) is 16.4. The number of aromatic hydroxyl groups is 1. The molecule has 3 rings (SSSR count). The monoisotopic (exact) mass is 326 g/mol. The molecule has 0 radical (unpaired) electrons. The number of carbonyl (C=O) groups excluding carboxylic acids is 1. The number of benzene rings is 2. The van der Waals surface area contributed by atoms with Gasteiger partial charge in [0.25, 0.3) is 0 Å². The molecule has 4 nitrogen and oxygen atoms in total. The smallest absolute Gasteiger partial charge is 0.199 e. The molecule has 1 heterocycles. The molecular formula is C18H11ClO4. The van der Waals surface area contributed by atoms with Crippen LogP contribution in [0.3, 0.4) is 0 Å². The van der Waals surface area contributed by atoms with Gasteiger partial charge in [0.15, 0.2) is 11.2 Å². The Morgan fingerprint density at radius 3 is 2.78 bits per heavy atom. The minimum Gasteiger partial charge on any atom is -0.507 e. The number of fused-ring (bicyclic) bond motifs is 1. The molecule has 114 valence electrons. The molecule has 3 aromatic rings. The molecule has 1 N–H and O–H groups in total. The van der Waals surface area contributed by atoms with Gasteiger partial charge in [0.05, 0.1) is 16.5 Å². The molecule has 23 heavy (non-hydrogen) atoms. The second kappa shape index (κ2) is 6.10. The SMILES string of the molecule is O=C(/C=C/c1coc2ccccc2c1=O)c1cc(Cl)ccc1O. The molecule has 1 aromatic heterocycles. The first-order valence-electron chi connectivity index (χ1n) is 6.78. The number of rotatable bonds is 3. The highest BCUT2D eigenvalue weighted by molar-refractivity contribution is 6.31. The number of halogens is 1. The highest BCUT2D eigenvalue weighted by Gasteiger charge is 2.10. The van der Waals surface area contributed by atoms with E-state index in [0.717, 1.165) is 0 Å². The number of phenolic OH excluding ortho intramolecular Hbond substituents is 1. The summed E-state index contributed by atoms with van der Waals surface area (Å²) >= 11 is 5.82. The maximum atomic E-state index is 12.3. The molecule has 0 fully saturated rings. The third kappa shape index (κ3) is 3.03. The van der Waals surface area contributed by atoms with Gasteiger partial charge in [-0.2, -0.15) is 0 Å². The third-order valence-electron chi connectivity index (χ3n) is 3.35. The molecule has 0 atom stereocenters. The molecule has 0 bridgehead atoms. The number of allylic oxidation sites excluding steroid dienone is 1. The molecule has 0 aliphatic carbocycles. The lowest BCUT2D eigenvalue weighted by Crippen LogP contribution is -2.05. The first-order valence-corrected chi connectivity index (χ1v) is 7.15. The van der Waals surface area contributed by atoms with E-state index in [1.165, 1.54) is 36.6 Å². The topological polar surface area (TPSA) is 67.5 Å². The standard InChI is InChI=1S/C18H11ClO4/c19-12-6-8-16(21)14(9-12)15(20)7-5-11-10-23-17-4-2-1-3-13(17)18(11)22/h1-10,21H/b7-5+. The van der Waals surface area contributed by atoms with Crippen LogP contribution in [-0.2, 0) is 0 Å². The molecule has 0 aliphatic heterocycles. The van der Waals surface area contributed by atoms with E-state index < -0.39 is 5.78 Å². The lowest BCUT2D eigenvalue weighted by molar-refractivity contribution is 0.104. The fourth-order valence-electron chi connectivity index (χ4n) is 2.17. The third-order valence-corrected chi connectivity index (χ3v) is 3.58. The van der Waals surface area contributed by atoms with E-state index in [4.69, 9.17) is 16.0 Å². The van der Waals surface area contributed by atoms with Gasteiger partial charge in [-0.15, -0.1) is 0 Å². The summed E-state index contributed by atoms with van der Waals surface area (Å²) in [6.07, 6.45) is 3.86. The summed E-state index contributed by atoms with van der Waals surface area (Å²) in [5.41, 5.74) is 0.567. The Hall–Kier alpha value is -2.85. The van der Waals surface area contributed by atoms with Crippen molar-refractivity contribution in [3.63, 3.8) is 0 Å². The van der Waals surface area contributed by atoms with Crippen molar-refractivity contribution in [2.75, 3.05) is 0 Å². The van der Waals surface area contributed by atoms with Crippen molar-refractivity contribution in [2.24, 2.45) is 0 Å². The summed E-state index contributed by atoms with van der Waals surface area (Å²) in [7, 11) is 0. The van der Waals surface area contributed by atoms with Gasteiger partial charge in [0.1, 0.15) is 17.6 Å². The van der Waals surface area contributed by atoms with Gasteiger partial charge in [0, 0.05) is 5.02 Å². The lowest BCUT2D eigenvalue weighted by Gasteiger charge is -2.01. The van der Waals surface area contributed by atoms with Crippen molar-refractivity contribution in [3.05, 3.63) is 81.2 Å². The minimum atomic E-state index is -0.461. The van der Waals surface area contributed by atoms with Crippen LogP contribution in [0.4, 0.5) is 0 Å². The van der Waals surface area contributed by atoms with Crippen molar-refractivity contribution >= 4 is 34.4 Å². The Balaban J connectivity index is 1.97. The van der Waals surface area contributed by atoms with Crippen LogP contribution < -0.4 is 5.43 Å². The average molecular weight is 327 g/mol. The van der Waals surface area contributed by atoms with Gasteiger partial charge in [0.2, 0.25) is 0 Å². The van der Waals surface area contributed by atoms with Crippen LogP contribution in [0.15, 0.2) is 64.0 Å². The van der Waals surface area contributed by atoms with Crippen LogP contribution in [0.25, 0.3) is 17.0 Å². The van der Waals surface area contributed by atoms with Crippen molar-refractivity contribution < 1.29 is 14.3 Å². The van der Waals surface area contributed by atoms with Gasteiger partial charge < -0.3 is 9.52 Å². The van der Waals surface area contributed by atoms with Gasteiger partial charge in [-0.25, -0.2) is 0 Å². The fraction of sp³-hybridized carbons (Fsp3) is 0. The first-order chi connectivity index (χ1) is 11.1. The van der Waals surface area contributed by atoms with E-state index in [-0.39, 0.29) is 22.3 Å². The summed E-state index contributed by atoms with van der Waals surface area (Å²) in [4.78, 5) is 24.4. The van der Waals surface area contributed by atoms with Crippen LogP contribution in [0.1, 0.15) is 15.9 Å². The van der Waals surface area contributed by atoms with Crippen LogP contribution in [0.2, 0.25) is 5.02 Å². The Kier molecular flexibility index (Phi) is 4.00. The van der Waals surface area contributed by atoms with E-state index in [0.29, 0.717) is 16.0 Å². The number of phenols is 1. The van der Waals surface area contributed by atoms with Crippen molar-refractivity contribution in [2.45, 2.75) is 0 Å². The summed E-state index contributed by atoms with van der Waals surface area (Å²) < 4.78 is 5.37. The highest BCUT2D eigenvalue weighted by atomic mass is 35.5. The Morgan fingerprint density at radius 2 is 1.96 bits per heavy atom. The first kappa shape index (κ1) is 15.1. The molecule has 0 amide bonds. The number of ketones is 1. The molecule has 2 aromatic carbocycles. The molecule has 0 spiro atoms. The quantitative estimate of drug-likeness (QED) is 0.582. The van der Waals surface area contributed by atoms with Gasteiger partial charge >= 0.3 is 0 Å². The van der Waals surface area contributed by atoms with Crippen molar-refractivity contribution in [3.8, 4) is 5.75 Å². The van der Waals surface area contributed by atoms with Gasteiger partial charge in [-0.05, 0) is 42.5 Å². The predicted octanol–water partition coefficient (Wildman–Crippen LogP) is 4.05. The molecule has 0 saturated heterocycles. The fourth-order valence-corrected chi connectivity index (χ4v) is 2.34. The normalized spacial score (nSPS) is 11.2. The van der Waals surface area contributed by atoms with Crippen molar-refractivity contribution in [1.82, 2.24) is 0 Å². The van der Waals surface area contributed by atoms with Crippen LogP contribution >= 0.6 is 11.6 Å². The number of hydrogen-bond acceptors (Lipinski definition) is 4. The summed E-state index contributed by atoms with van der Waals surface area (Å²) in [5, 5.41) is 10.5. The van der Waals surface area contributed by atoms with Crippen molar-refractivity contribution in [1.29, 1.82) is 0 Å². The van der Waals surface area contributed by atoms with Crippen LogP contribution in [0.5, 0.6) is 5.75 Å². The van der Waals surface area contributed by atoms with Gasteiger partial charge in [-0.1, -0.05) is 23.7 Å². The summed E-state index contributed by atoms with van der Waals surface area (Å²) in [6, 6.07) is 11.0. The Morgan fingerprint density at radius 1 is 1.17 bits per heavy atom. The lowest BCUT2D eigenvalue weighted by atomic mass is 10.1.